The summed E-state index contributed by atoms with van der Waals surface area (Å²) in [6, 6.07) is 16.4. The number of aliphatic imine (C=N–C) groups is 1. The number of benzene rings is 2. The predicted molar refractivity (Wildman–Crippen MR) is 170 cm³/mol. The molecule has 1 aromatic heterocycles. The van der Waals surface area contributed by atoms with Crippen LogP contribution in [-0.2, 0) is 20.2 Å². The number of thiophene rings is 1. The second-order valence-corrected chi connectivity index (χ2v) is 14.5. The van der Waals surface area contributed by atoms with Crippen LogP contribution in [0.2, 0.25) is 0 Å². The standard InChI is InChI=1S/C30H34N2O6S3/c1-21(41(36,37)38)17-18-31-25-13-9-23(10-14-25)29(30-22(2)27-7-4-5-8-28(27)39-30)24-11-15-26(16-12-24)32(3)19-6-20-40(33,34)35/h4-5,7-16,21H,6,17-20H2,1-3H3,(H,33,34,35)(H,36,37,38). The number of nitrogens with zero attached hydrogens (tertiary/aromatic N) is 2. The third-order valence-corrected chi connectivity index (χ3v) is 10.4. The summed E-state index contributed by atoms with van der Waals surface area (Å²) in [4.78, 5) is 7.60. The molecule has 1 unspecified atom stereocenters. The average Bonchev–Trinajstić information content (AvgIpc) is 3.24. The van der Waals surface area contributed by atoms with E-state index < -0.39 is 25.5 Å². The van der Waals surface area contributed by atoms with Gasteiger partial charge in [0.25, 0.3) is 20.2 Å². The monoisotopic (exact) mass is 614 g/mol. The van der Waals surface area contributed by atoms with E-state index in [0.29, 0.717) is 13.0 Å². The average molecular weight is 615 g/mol. The second kappa shape index (κ2) is 12.8. The number of aryl methyl sites for hydroxylation is 1. The van der Waals surface area contributed by atoms with Crippen LogP contribution in [0.5, 0.6) is 0 Å². The van der Waals surface area contributed by atoms with Gasteiger partial charge in [0.05, 0.1) is 16.7 Å². The molecule has 0 aliphatic heterocycles. The Balaban J connectivity index is 1.65. The molecule has 0 spiro atoms. The Bertz CT molecular complexity index is 1730. The molecule has 0 amide bonds. The summed E-state index contributed by atoms with van der Waals surface area (Å²) in [6.45, 7) is 4.36. The van der Waals surface area contributed by atoms with Crippen LogP contribution in [-0.4, -0.2) is 62.8 Å². The maximum Gasteiger partial charge on any atom is 0.267 e. The molecular formula is C30H34N2O6S3. The van der Waals surface area contributed by atoms with Gasteiger partial charge in [0.15, 0.2) is 0 Å². The van der Waals surface area contributed by atoms with E-state index in [2.05, 4.69) is 36.2 Å². The number of fused-ring (bicyclic) bond motifs is 1. The van der Waals surface area contributed by atoms with E-state index in [1.54, 1.807) is 11.3 Å². The lowest BCUT2D eigenvalue weighted by atomic mass is 9.93. The zero-order valence-electron chi connectivity index (χ0n) is 23.2. The number of allylic oxidation sites excluding steroid dienone is 5. The van der Waals surface area contributed by atoms with E-state index in [-0.39, 0.29) is 18.7 Å². The highest BCUT2D eigenvalue weighted by molar-refractivity contribution is 7.86. The lowest BCUT2D eigenvalue weighted by molar-refractivity contribution is 0.466. The van der Waals surface area contributed by atoms with Gasteiger partial charge in [0.2, 0.25) is 0 Å². The van der Waals surface area contributed by atoms with Crippen molar-refractivity contribution in [1.82, 2.24) is 0 Å². The Morgan fingerprint density at radius 1 is 0.976 bits per heavy atom. The van der Waals surface area contributed by atoms with Crippen molar-refractivity contribution < 1.29 is 25.9 Å². The lowest BCUT2D eigenvalue weighted by Crippen LogP contribution is -2.21. The Labute approximate surface area is 245 Å². The number of anilines is 1. The van der Waals surface area contributed by atoms with Crippen molar-refractivity contribution in [2.75, 3.05) is 30.8 Å². The highest BCUT2D eigenvalue weighted by Gasteiger charge is 2.19. The van der Waals surface area contributed by atoms with Gasteiger partial charge < -0.3 is 4.90 Å². The van der Waals surface area contributed by atoms with E-state index in [4.69, 9.17) is 4.55 Å². The Kier molecular flexibility index (Phi) is 9.66. The van der Waals surface area contributed by atoms with Crippen LogP contribution in [0.25, 0.3) is 15.7 Å². The van der Waals surface area contributed by atoms with E-state index >= 15 is 0 Å². The fourth-order valence-corrected chi connectivity index (χ4v) is 6.79. The number of hydrogen-bond acceptors (Lipinski definition) is 7. The molecule has 11 heteroatoms. The van der Waals surface area contributed by atoms with Gasteiger partial charge in [0.1, 0.15) is 0 Å². The summed E-state index contributed by atoms with van der Waals surface area (Å²) in [5, 5.41) is 0.339. The highest BCUT2D eigenvalue weighted by Crippen LogP contribution is 2.40. The molecule has 218 valence electrons. The Morgan fingerprint density at radius 2 is 1.63 bits per heavy atom. The molecule has 1 atom stereocenters. The summed E-state index contributed by atoms with van der Waals surface area (Å²) < 4.78 is 64.1. The van der Waals surface area contributed by atoms with Crippen molar-refractivity contribution >= 4 is 58.6 Å². The molecule has 3 aromatic rings. The summed E-state index contributed by atoms with van der Waals surface area (Å²) in [5.74, 6) is -0.277. The van der Waals surface area contributed by atoms with Gasteiger partial charge in [-0.05, 0) is 79.1 Å². The minimum absolute atomic E-state index is 0.232. The molecule has 2 aromatic carbocycles. The van der Waals surface area contributed by atoms with E-state index in [0.717, 1.165) is 33.0 Å². The fourth-order valence-electron chi connectivity index (χ4n) is 4.60. The molecule has 2 N–H and O–H groups in total. The van der Waals surface area contributed by atoms with Crippen molar-refractivity contribution in [3.8, 4) is 0 Å². The third-order valence-electron chi connectivity index (χ3n) is 7.06. The molecule has 0 fully saturated rings. The Hall–Kier alpha value is -3.09. The molecule has 0 radical (unpaired) electrons. The minimum atomic E-state index is -4.07. The van der Waals surface area contributed by atoms with Crippen molar-refractivity contribution in [2.24, 2.45) is 4.99 Å². The third kappa shape index (κ3) is 8.02. The molecule has 0 bridgehead atoms. The quantitative estimate of drug-likeness (QED) is 0.256. The van der Waals surface area contributed by atoms with Gasteiger partial charge in [-0.25, -0.2) is 0 Å². The van der Waals surface area contributed by atoms with Gasteiger partial charge >= 0.3 is 0 Å². The topological polar surface area (TPSA) is 124 Å². The smallest absolute Gasteiger partial charge is 0.267 e. The van der Waals surface area contributed by atoms with Gasteiger partial charge in [-0.15, -0.1) is 11.3 Å². The molecule has 8 nitrogen and oxygen atoms in total. The maximum absolute atomic E-state index is 11.3. The van der Waals surface area contributed by atoms with E-state index in [9.17, 15) is 21.4 Å². The van der Waals surface area contributed by atoms with Crippen LogP contribution in [0.4, 0.5) is 5.69 Å². The van der Waals surface area contributed by atoms with Crippen molar-refractivity contribution in [1.29, 1.82) is 0 Å². The molecule has 1 aliphatic carbocycles. The molecule has 41 heavy (non-hydrogen) atoms. The zero-order valence-corrected chi connectivity index (χ0v) is 25.6. The first kappa shape index (κ1) is 30.9. The first-order chi connectivity index (χ1) is 19.3. The second-order valence-electron chi connectivity index (χ2n) is 10.1. The number of rotatable bonds is 11. The van der Waals surface area contributed by atoms with Crippen LogP contribution >= 0.6 is 11.3 Å². The van der Waals surface area contributed by atoms with Crippen LogP contribution in [0.1, 0.15) is 35.8 Å². The van der Waals surface area contributed by atoms with Crippen molar-refractivity contribution in [2.45, 2.75) is 31.9 Å². The minimum Gasteiger partial charge on any atom is -0.375 e. The predicted octanol–water partition coefficient (Wildman–Crippen LogP) is 5.96. The van der Waals surface area contributed by atoms with E-state index in [1.165, 1.54) is 22.6 Å². The van der Waals surface area contributed by atoms with Crippen LogP contribution in [0.15, 0.2) is 83.4 Å². The number of hydrogen-bond donors (Lipinski definition) is 2. The molecule has 1 aliphatic rings. The summed E-state index contributed by atoms with van der Waals surface area (Å²) >= 11 is 1.74. The summed E-state index contributed by atoms with van der Waals surface area (Å²) in [5.41, 5.74) is 5.98. The van der Waals surface area contributed by atoms with Crippen LogP contribution in [0.3, 0.4) is 0 Å². The molecule has 0 saturated heterocycles. The van der Waals surface area contributed by atoms with Gasteiger partial charge in [-0.3, -0.25) is 14.1 Å². The van der Waals surface area contributed by atoms with Crippen molar-refractivity contribution in [3.63, 3.8) is 0 Å². The molecule has 1 heterocycles. The molecular weight excluding hydrogens is 581 g/mol. The van der Waals surface area contributed by atoms with Crippen molar-refractivity contribution in [3.05, 3.63) is 94.4 Å². The molecule has 0 saturated carbocycles. The largest absolute Gasteiger partial charge is 0.375 e. The first-order valence-corrected chi connectivity index (χ1v) is 17.1. The molecule has 4 rings (SSSR count). The Morgan fingerprint density at radius 3 is 2.24 bits per heavy atom. The normalized spacial score (nSPS) is 14.5. The van der Waals surface area contributed by atoms with Gasteiger partial charge in [-0.1, -0.05) is 42.5 Å². The summed E-state index contributed by atoms with van der Waals surface area (Å²) in [6.07, 6.45) is 8.40. The van der Waals surface area contributed by atoms with Gasteiger partial charge in [-0.2, -0.15) is 16.8 Å². The highest BCUT2D eigenvalue weighted by atomic mass is 32.2. The lowest BCUT2D eigenvalue weighted by Gasteiger charge is -2.20. The SMILES string of the molecule is Cc1c(C(=C2C=CC(=NCCC(C)S(=O)(=O)O)C=C2)c2ccc(N(C)CCCS(=O)(=O)O)cc2)sc2ccccc12. The zero-order chi connectivity index (χ0) is 29.8. The van der Waals surface area contributed by atoms with Gasteiger partial charge in [0, 0.05) is 41.0 Å². The fraction of sp³-hybridized carbons (Fsp3) is 0.300. The first-order valence-electron chi connectivity index (χ1n) is 13.2. The van der Waals surface area contributed by atoms with Crippen LogP contribution < -0.4 is 4.90 Å². The summed E-state index contributed by atoms with van der Waals surface area (Å²) in [7, 11) is -6.17. The maximum atomic E-state index is 11.3. The van der Waals surface area contributed by atoms with Crippen LogP contribution in [0, 0.1) is 6.92 Å². The van der Waals surface area contributed by atoms with E-state index in [1.807, 2.05) is 60.5 Å².